The van der Waals surface area contributed by atoms with Crippen molar-refractivity contribution in [1.82, 2.24) is 14.8 Å². The number of hydrogen-bond donors (Lipinski definition) is 0. The number of benzene rings is 1. The van der Waals surface area contributed by atoms with Crippen LogP contribution in [0.25, 0.3) is 11.4 Å². The van der Waals surface area contributed by atoms with Crippen molar-refractivity contribution in [2.24, 2.45) is 0 Å². The fraction of sp³-hybridized carbons (Fsp3) is 0.357. The number of rotatable bonds is 6. The lowest BCUT2D eigenvalue weighted by Crippen LogP contribution is -2.06. The molecule has 0 bridgehead atoms. The van der Waals surface area contributed by atoms with Gasteiger partial charge in [0.15, 0.2) is 11.0 Å². The number of nitrogens with zero attached hydrogens (tertiary/aromatic N) is 3. The highest BCUT2D eigenvalue weighted by Crippen LogP contribution is 2.33. The normalized spacial score (nSPS) is 10.5. The number of methoxy groups -OCH3 is 2. The minimum absolute atomic E-state index is 0.182. The Labute approximate surface area is 137 Å². The van der Waals surface area contributed by atoms with E-state index in [2.05, 4.69) is 14.9 Å². The summed E-state index contributed by atoms with van der Waals surface area (Å²) in [6, 6.07) is 5.32. The van der Waals surface area contributed by atoms with Crippen molar-refractivity contribution >= 4 is 29.3 Å². The number of aromatic nitrogens is 3. The third-order valence-electron chi connectivity index (χ3n) is 2.98. The molecule has 0 amide bonds. The molecule has 22 heavy (non-hydrogen) atoms. The SMILES string of the molecule is CCn1c(SCC(=O)OC)nnc1-c1cc(Cl)ccc1OC. The predicted octanol–water partition coefficient (Wildman–Crippen LogP) is 2.89. The van der Waals surface area contributed by atoms with E-state index in [4.69, 9.17) is 16.3 Å². The molecule has 0 aliphatic heterocycles. The Hall–Kier alpha value is -1.73. The molecule has 0 spiro atoms. The Bertz CT molecular complexity index is 675. The van der Waals surface area contributed by atoms with Gasteiger partial charge >= 0.3 is 5.97 Å². The van der Waals surface area contributed by atoms with Crippen LogP contribution < -0.4 is 4.74 Å². The van der Waals surface area contributed by atoms with Gasteiger partial charge < -0.3 is 14.0 Å². The third-order valence-corrected chi connectivity index (χ3v) is 4.16. The first-order valence-corrected chi connectivity index (χ1v) is 7.93. The van der Waals surface area contributed by atoms with Gasteiger partial charge in [0, 0.05) is 11.6 Å². The second-order valence-corrected chi connectivity index (χ2v) is 5.64. The maximum Gasteiger partial charge on any atom is 0.316 e. The molecular formula is C14H16ClN3O3S. The molecule has 1 aromatic heterocycles. The Morgan fingerprint density at radius 2 is 2.14 bits per heavy atom. The lowest BCUT2D eigenvalue weighted by molar-refractivity contribution is -0.137. The monoisotopic (exact) mass is 341 g/mol. The van der Waals surface area contributed by atoms with Crippen LogP contribution in [0.1, 0.15) is 6.92 Å². The smallest absolute Gasteiger partial charge is 0.316 e. The van der Waals surface area contributed by atoms with E-state index in [0.717, 1.165) is 5.56 Å². The van der Waals surface area contributed by atoms with Crippen molar-refractivity contribution < 1.29 is 14.3 Å². The molecule has 6 nitrogen and oxygen atoms in total. The molecule has 2 aromatic rings. The summed E-state index contributed by atoms with van der Waals surface area (Å²) in [6.45, 7) is 2.63. The van der Waals surface area contributed by atoms with Crippen LogP contribution in [-0.2, 0) is 16.1 Å². The van der Waals surface area contributed by atoms with Crippen LogP contribution in [0.3, 0.4) is 0 Å². The summed E-state index contributed by atoms with van der Waals surface area (Å²) in [7, 11) is 2.95. The number of halogens is 1. The zero-order valence-corrected chi connectivity index (χ0v) is 14.1. The van der Waals surface area contributed by atoms with Crippen molar-refractivity contribution in [3.8, 4) is 17.1 Å². The Morgan fingerprint density at radius 3 is 2.77 bits per heavy atom. The van der Waals surface area contributed by atoms with E-state index < -0.39 is 0 Å². The van der Waals surface area contributed by atoms with E-state index in [1.807, 2.05) is 11.5 Å². The molecule has 0 aliphatic carbocycles. The van der Waals surface area contributed by atoms with Gasteiger partial charge in [-0.2, -0.15) is 0 Å². The van der Waals surface area contributed by atoms with Crippen LogP contribution in [0.4, 0.5) is 0 Å². The summed E-state index contributed by atoms with van der Waals surface area (Å²) in [5.41, 5.74) is 0.759. The summed E-state index contributed by atoms with van der Waals surface area (Å²) in [5, 5.41) is 9.59. The van der Waals surface area contributed by atoms with Gasteiger partial charge in [-0.1, -0.05) is 23.4 Å². The van der Waals surface area contributed by atoms with Crippen molar-refractivity contribution in [3.05, 3.63) is 23.2 Å². The quantitative estimate of drug-likeness (QED) is 0.594. The average molecular weight is 342 g/mol. The number of ether oxygens (including phenoxy) is 2. The number of thioether (sulfide) groups is 1. The molecule has 0 saturated carbocycles. The maximum atomic E-state index is 11.3. The molecule has 1 aromatic carbocycles. The fourth-order valence-corrected chi connectivity index (χ4v) is 2.92. The van der Waals surface area contributed by atoms with Gasteiger partial charge in [-0.15, -0.1) is 10.2 Å². The zero-order chi connectivity index (χ0) is 16.1. The molecular weight excluding hydrogens is 326 g/mol. The lowest BCUT2D eigenvalue weighted by atomic mass is 10.2. The molecule has 0 radical (unpaired) electrons. The first-order valence-electron chi connectivity index (χ1n) is 6.57. The zero-order valence-electron chi connectivity index (χ0n) is 12.5. The van der Waals surface area contributed by atoms with Crippen LogP contribution in [0.5, 0.6) is 5.75 Å². The van der Waals surface area contributed by atoms with Crippen molar-refractivity contribution in [1.29, 1.82) is 0 Å². The van der Waals surface area contributed by atoms with Crippen LogP contribution in [0.2, 0.25) is 5.02 Å². The average Bonchev–Trinajstić information content (AvgIpc) is 2.95. The van der Waals surface area contributed by atoms with Crippen LogP contribution in [0, 0.1) is 0 Å². The summed E-state index contributed by atoms with van der Waals surface area (Å²) < 4.78 is 11.9. The fourth-order valence-electron chi connectivity index (χ4n) is 1.92. The highest BCUT2D eigenvalue weighted by Gasteiger charge is 2.18. The predicted molar refractivity (Wildman–Crippen MR) is 85.4 cm³/mol. The van der Waals surface area contributed by atoms with Gasteiger partial charge in [-0.05, 0) is 25.1 Å². The van der Waals surface area contributed by atoms with Crippen molar-refractivity contribution in [2.75, 3.05) is 20.0 Å². The molecule has 0 fully saturated rings. The number of hydrogen-bond acceptors (Lipinski definition) is 6. The molecule has 8 heteroatoms. The van der Waals surface area contributed by atoms with E-state index in [0.29, 0.717) is 28.3 Å². The topological polar surface area (TPSA) is 66.2 Å². The minimum Gasteiger partial charge on any atom is -0.496 e. The molecule has 1 heterocycles. The van der Waals surface area contributed by atoms with Crippen molar-refractivity contribution in [2.45, 2.75) is 18.6 Å². The molecule has 0 saturated heterocycles. The summed E-state index contributed by atoms with van der Waals surface area (Å²) in [4.78, 5) is 11.3. The molecule has 0 aliphatic rings. The second kappa shape index (κ2) is 7.51. The lowest BCUT2D eigenvalue weighted by Gasteiger charge is -2.10. The molecule has 0 N–H and O–H groups in total. The molecule has 0 unspecified atom stereocenters. The van der Waals surface area contributed by atoms with E-state index in [1.165, 1.54) is 18.9 Å². The largest absolute Gasteiger partial charge is 0.496 e. The minimum atomic E-state index is -0.308. The van der Waals surface area contributed by atoms with Gasteiger partial charge in [0.05, 0.1) is 25.5 Å². The first-order chi connectivity index (χ1) is 10.6. The highest BCUT2D eigenvalue weighted by atomic mass is 35.5. The van der Waals surface area contributed by atoms with E-state index in [1.54, 1.807) is 25.3 Å². The van der Waals surface area contributed by atoms with Gasteiger partial charge in [0.25, 0.3) is 0 Å². The Morgan fingerprint density at radius 1 is 1.36 bits per heavy atom. The van der Waals surface area contributed by atoms with E-state index >= 15 is 0 Å². The maximum absolute atomic E-state index is 11.3. The van der Waals surface area contributed by atoms with Gasteiger partial charge in [0.2, 0.25) is 0 Å². The summed E-state index contributed by atoms with van der Waals surface area (Å²) in [5.74, 6) is 1.18. The van der Waals surface area contributed by atoms with Crippen LogP contribution in [-0.4, -0.2) is 40.7 Å². The standard InChI is InChI=1S/C14H16ClN3O3S/c1-4-18-13(10-7-9(15)5-6-11(10)20-2)16-17-14(18)22-8-12(19)21-3/h5-7H,4,8H2,1-3H3. The van der Waals surface area contributed by atoms with Crippen molar-refractivity contribution in [3.63, 3.8) is 0 Å². The summed E-state index contributed by atoms with van der Waals surface area (Å²) in [6.07, 6.45) is 0. The molecule has 2 rings (SSSR count). The first kappa shape index (κ1) is 16.6. The van der Waals surface area contributed by atoms with E-state index in [9.17, 15) is 4.79 Å². The Balaban J connectivity index is 2.38. The van der Waals surface area contributed by atoms with Gasteiger partial charge in [-0.3, -0.25) is 4.79 Å². The number of esters is 1. The van der Waals surface area contributed by atoms with Crippen LogP contribution >= 0.6 is 23.4 Å². The van der Waals surface area contributed by atoms with E-state index in [-0.39, 0.29) is 11.7 Å². The van der Waals surface area contributed by atoms with Gasteiger partial charge in [-0.25, -0.2) is 0 Å². The summed E-state index contributed by atoms with van der Waals surface area (Å²) >= 11 is 7.35. The van der Waals surface area contributed by atoms with Gasteiger partial charge in [0.1, 0.15) is 5.75 Å². The third kappa shape index (κ3) is 3.53. The molecule has 0 atom stereocenters. The van der Waals surface area contributed by atoms with Crippen LogP contribution in [0.15, 0.2) is 23.4 Å². The highest BCUT2D eigenvalue weighted by molar-refractivity contribution is 7.99. The Kier molecular flexibility index (Phi) is 5.68. The molecule has 118 valence electrons. The number of carbonyl (C=O) groups excluding carboxylic acids is 1. The number of carbonyl (C=O) groups is 1. The second-order valence-electron chi connectivity index (χ2n) is 4.26.